The number of carbonyl (C=O) groups is 1. The number of pyridine rings is 1. The first-order chi connectivity index (χ1) is 15.1. The summed E-state index contributed by atoms with van der Waals surface area (Å²) in [6.07, 6.45) is 11.1. The van der Waals surface area contributed by atoms with E-state index in [-0.39, 0.29) is 12.0 Å². The van der Waals surface area contributed by atoms with E-state index in [4.69, 9.17) is 9.72 Å². The molecule has 1 saturated heterocycles. The maximum absolute atomic E-state index is 12.0. The van der Waals surface area contributed by atoms with Gasteiger partial charge in [0.15, 0.2) is 5.13 Å². The summed E-state index contributed by atoms with van der Waals surface area (Å²) in [5, 5.41) is 5.18. The molecular formula is C23H27N5O2S. The van der Waals surface area contributed by atoms with E-state index in [1.165, 1.54) is 31.8 Å². The van der Waals surface area contributed by atoms with Crippen molar-refractivity contribution in [2.75, 3.05) is 18.4 Å². The highest BCUT2D eigenvalue weighted by molar-refractivity contribution is 7.15. The number of nitrogens with zero attached hydrogens (tertiary/aromatic N) is 4. The van der Waals surface area contributed by atoms with Gasteiger partial charge in [0, 0.05) is 42.3 Å². The van der Waals surface area contributed by atoms with E-state index >= 15 is 0 Å². The maximum atomic E-state index is 12.0. The number of fused-ring (bicyclic) bond motifs is 1. The zero-order valence-corrected chi connectivity index (χ0v) is 18.5. The first kappa shape index (κ1) is 20.1. The molecule has 1 aliphatic heterocycles. The van der Waals surface area contributed by atoms with Crippen molar-refractivity contribution in [1.29, 1.82) is 0 Å². The molecule has 0 radical (unpaired) electrons. The number of aromatic nitrogens is 3. The van der Waals surface area contributed by atoms with Crippen LogP contribution in [0.4, 0.5) is 10.9 Å². The van der Waals surface area contributed by atoms with Gasteiger partial charge in [-0.05, 0) is 31.9 Å². The Hall–Kier alpha value is -2.87. The van der Waals surface area contributed by atoms with Crippen molar-refractivity contribution < 1.29 is 9.53 Å². The van der Waals surface area contributed by atoms with Crippen LogP contribution in [0.25, 0.3) is 10.9 Å². The van der Waals surface area contributed by atoms with Gasteiger partial charge in [0.1, 0.15) is 11.9 Å². The molecule has 7 nitrogen and oxygen atoms in total. The number of aryl methyl sites for hydroxylation is 1. The minimum absolute atomic E-state index is 0.0499. The second-order valence-corrected chi connectivity index (χ2v) is 9.56. The average Bonchev–Trinajstić information content (AvgIpc) is 3.54. The van der Waals surface area contributed by atoms with Gasteiger partial charge in [-0.3, -0.25) is 4.79 Å². The Morgan fingerprint density at radius 1 is 1.35 bits per heavy atom. The molecule has 4 heterocycles. The SMILES string of the molecule is C=CC(=O)N1CC[C@H](Oc2nc(Nc3ncc(C)s3)cc3c2ccn3C2CCCC2)C1. The van der Waals surface area contributed by atoms with Gasteiger partial charge in [-0.25, -0.2) is 4.98 Å². The predicted octanol–water partition coefficient (Wildman–Crippen LogP) is 4.83. The van der Waals surface area contributed by atoms with Gasteiger partial charge in [0.05, 0.1) is 17.4 Å². The van der Waals surface area contributed by atoms with Gasteiger partial charge < -0.3 is 19.5 Å². The van der Waals surface area contributed by atoms with Crippen molar-refractivity contribution in [3.63, 3.8) is 0 Å². The highest BCUT2D eigenvalue weighted by Crippen LogP contribution is 2.37. The van der Waals surface area contributed by atoms with Crippen molar-refractivity contribution in [3.05, 3.63) is 42.1 Å². The van der Waals surface area contributed by atoms with Crippen LogP contribution >= 0.6 is 11.3 Å². The van der Waals surface area contributed by atoms with Crippen LogP contribution in [0, 0.1) is 6.92 Å². The fraction of sp³-hybridized carbons (Fsp3) is 0.435. The van der Waals surface area contributed by atoms with Gasteiger partial charge in [-0.15, -0.1) is 11.3 Å². The molecule has 1 N–H and O–H groups in total. The number of carbonyl (C=O) groups excluding carboxylic acids is 1. The number of hydrogen-bond donors (Lipinski definition) is 1. The predicted molar refractivity (Wildman–Crippen MR) is 123 cm³/mol. The quantitative estimate of drug-likeness (QED) is 0.560. The summed E-state index contributed by atoms with van der Waals surface area (Å²) in [6, 6.07) is 4.73. The number of rotatable bonds is 6. The molecule has 0 aromatic carbocycles. The summed E-state index contributed by atoms with van der Waals surface area (Å²) in [7, 11) is 0. The molecule has 3 aromatic heterocycles. The first-order valence-corrected chi connectivity index (χ1v) is 11.7. The third-order valence-electron chi connectivity index (χ3n) is 6.17. The lowest BCUT2D eigenvalue weighted by molar-refractivity contribution is -0.125. The summed E-state index contributed by atoms with van der Waals surface area (Å²) >= 11 is 1.60. The lowest BCUT2D eigenvalue weighted by Crippen LogP contribution is -2.29. The topological polar surface area (TPSA) is 72.3 Å². The number of anilines is 2. The summed E-state index contributed by atoms with van der Waals surface area (Å²) < 4.78 is 8.74. The molecule has 5 rings (SSSR count). The van der Waals surface area contributed by atoms with Crippen LogP contribution < -0.4 is 10.1 Å². The Balaban J connectivity index is 1.48. The van der Waals surface area contributed by atoms with E-state index in [1.807, 2.05) is 13.1 Å². The smallest absolute Gasteiger partial charge is 0.246 e. The van der Waals surface area contributed by atoms with E-state index < -0.39 is 0 Å². The zero-order valence-electron chi connectivity index (χ0n) is 17.7. The molecule has 1 amide bonds. The van der Waals surface area contributed by atoms with Crippen molar-refractivity contribution in [2.24, 2.45) is 0 Å². The van der Waals surface area contributed by atoms with Crippen LogP contribution in [0.3, 0.4) is 0 Å². The normalized spacial score (nSPS) is 19.3. The van der Waals surface area contributed by atoms with Gasteiger partial charge in [-0.1, -0.05) is 19.4 Å². The Labute approximate surface area is 185 Å². The van der Waals surface area contributed by atoms with Crippen LogP contribution in [0.2, 0.25) is 0 Å². The summed E-state index contributed by atoms with van der Waals surface area (Å²) in [5.74, 6) is 1.29. The highest BCUT2D eigenvalue weighted by Gasteiger charge is 2.28. The number of amides is 1. The lowest BCUT2D eigenvalue weighted by atomic mass is 10.2. The molecule has 2 aliphatic rings. The monoisotopic (exact) mass is 437 g/mol. The Bertz CT molecular complexity index is 1110. The number of hydrogen-bond acceptors (Lipinski definition) is 6. The second kappa shape index (κ2) is 8.34. The molecule has 2 fully saturated rings. The van der Waals surface area contributed by atoms with Gasteiger partial charge >= 0.3 is 0 Å². The largest absolute Gasteiger partial charge is 0.472 e. The third kappa shape index (κ3) is 4.04. The number of likely N-dealkylation sites (tertiary alicyclic amines) is 1. The molecule has 1 saturated carbocycles. The Kier molecular flexibility index (Phi) is 5.40. The van der Waals surface area contributed by atoms with Crippen molar-refractivity contribution in [1.82, 2.24) is 19.4 Å². The average molecular weight is 438 g/mol. The molecule has 3 aromatic rings. The van der Waals surface area contributed by atoms with Crippen molar-refractivity contribution >= 4 is 39.1 Å². The van der Waals surface area contributed by atoms with E-state index in [0.717, 1.165) is 33.2 Å². The van der Waals surface area contributed by atoms with Gasteiger partial charge in [0.25, 0.3) is 0 Å². The number of ether oxygens (including phenoxy) is 1. The van der Waals surface area contributed by atoms with Gasteiger partial charge in [-0.2, -0.15) is 4.98 Å². The summed E-state index contributed by atoms with van der Waals surface area (Å²) in [5.41, 5.74) is 1.13. The molecule has 0 unspecified atom stereocenters. The van der Waals surface area contributed by atoms with Crippen LogP contribution in [-0.4, -0.2) is 44.5 Å². The van der Waals surface area contributed by atoms with Crippen LogP contribution in [-0.2, 0) is 4.79 Å². The summed E-state index contributed by atoms with van der Waals surface area (Å²) in [4.78, 5) is 24.1. The molecule has 0 bridgehead atoms. The van der Waals surface area contributed by atoms with Crippen molar-refractivity contribution in [3.8, 4) is 5.88 Å². The number of thiazole rings is 1. The molecule has 1 aliphatic carbocycles. The van der Waals surface area contributed by atoms with E-state index in [9.17, 15) is 4.79 Å². The third-order valence-corrected chi connectivity index (χ3v) is 6.99. The molecule has 162 valence electrons. The molecule has 31 heavy (non-hydrogen) atoms. The minimum Gasteiger partial charge on any atom is -0.472 e. The van der Waals surface area contributed by atoms with Crippen LogP contribution in [0.5, 0.6) is 5.88 Å². The fourth-order valence-electron chi connectivity index (χ4n) is 4.61. The Morgan fingerprint density at radius 3 is 2.94 bits per heavy atom. The molecule has 1 atom stereocenters. The maximum Gasteiger partial charge on any atom is 0.246 e. The minimum atomic E-state index is -0.0770. The van der Waals surface area contributed by atoms with Crippen LogP contribution in [0.15, 0.2) is 37.2 Å². The van der Waals surface area contributed by atoms with Crippen molar-refractivity contribution in [2.45, 2.75) is 51.2 Å². The van der Waals surface area contributed by atoms with E-state index in [1.54, 1.807) is 16.2 Å². The first-order valence-electron chi connectivity index (χ1n) is 10.9. The fourth-order valence-corrected chi connectivity index (χ4v) is 5.28. The van der Waals surface area contributed by atoms with Crippen LogP contribution in [0.1, 0.15) is 43.0 Å². The van der Waals surface area contributed by atoms with E-state index in [0.29, 0.717) is 25.0 Å². The second-order valence-electron chi connectivity index (χ2n) is 8.32. The summed E-state index contributed by atoms with van der Waals surface area (Å²) in [6.45, 7) is 6.86. The van der Waals surface area contributed by atoms with E-state index in [2.05, 4.69) is 39.8 Å². The molecule has 0 spiro atoms. The molecular weight excluding hydrogens is 410 g/mol. The van der Waals surface area contributed by atoms with Gasteiger partial charge in [0.2, 0.25) is 11.8 Å². The Morgan fingerprint density at radius 2 is 2.19 bits per heavy atom. The highest BCUT2D eigenvalue weighted by atomic mass is 32.1. The lowest BCUT2D eigenvalue weighted by Gasteiger charge is -2.18. The number of nitrogens with one attached hydrogen (secondary N) is 1. The zero-order chi connectivity index (χ0) is 21.4. The standard InChI is InChI=1S/C23H27N5O2S/c1-3-21(29)27-10-8-17(14-27)30-22-18-9-11-28(16-6-4-5-7-16)19(18)12-20(25-22)26-23-24-13-15(2)31-23/h3,9,11-13,16-17H,1,4-8,10,14H2,2H3,(H,24,25,26)/t17-/m0/s1. The molecule has 8 heteroatoms.